The van der Waals surface area contributed by atoms with Crippen LogP contribution in [0.3, 0.4) is 0 Å². The minimum absolute atomic E-state index is 0.0156. The molecule has 0 aliphatic heterocycles. The third kappa shape index (κ3) is 9.26. The zero-order valence-corrected chi connectivity index (χ0v) is 18.9. The maximum atomic E-state index is 12.2. The van der Waals surface area contributed by atoms with Crippen molar-refractivity contribution in [1.82, 2.24) is 0 Å². The molecule has 0 aromatic heterocycles. The van der Waals surface area contributed by atoms with E-state index in [2.05, 4.69) is 17.6 Å². The molecule has 0 heterocycles. The van der Waals surface area contributed by atoms with Crippen molar-refractivity contribution in [3.63, 3.8) is 0 Å². The van der Waals surface area contributed by atoms with Gasteiger partial charge in [0.15, 0.2) is 0 Å². The molecule has 2 amide bonds. The number of unbranched alkanes of at least 4 members (excludes halogenated alkanes) is 2. The van der Waals surface area contributed by atoms with E-state index in [1.165, 1.54) is 11.8 Å². The van der Waals surface area contributed by atoms with Crippen LogP contribution in [0.15, 0.2) is 53.4 Å². The second kappa shape index (κ2) is 13.5. The fraction of sp³-hybridized carbons (Fsp3) is 0.375. The lowest BCUT2D eigenvalue weighted by Gasteiger charge is -2.08. The van der Waals surface area contributed by atoms with Crippen LogP contribution < -0.4 is 10.6 Å². The van der Waals surface area contributed by atoms with Crippen molar-refractivity contribution in [2.45, 2.75) is 50.8 Å². The molecule has 0 aliphatic rings. The van der Waals surface area contributed by atoms with Crippen LogP contribution in [0, 0.1) is 0 Å². The normalized spacial score (nSPS) is 10.4. The molecule has 2 N–H and O–H groups in total. The van der Waals surface area contributed by atoms with Crippen molar-refractivity contribution >= 4 is 40.9 Å². The van der Waals surface area contributed by atoms with Crippen molar-refractivity contribution in [3.8, 4) is 0 Å². The lowest BCUT2D eigenvalue weighted by molar-refractivity contribution is -0.116. The number of nitrogens with one attached hydrogen (secondary N) is 2. The Balaban J connectivity index is 1.76. The van der Waals surface area contributed by atoms with Crippen LogP contribution in [0.4, 0.5) is 11.4 Å². The predicted molar refractivity (Wildman–Crippen MR) is 126 cm³/mol. The van der Waals surface area contributed by atoms with Gasteiger partial charge < -0.3 is 15.4 Å². The number of rotatable bonds is 12. The van der Waals surface area contributed by atoms with Crippen molar-refractivity contribution in [3.05, 3.63) is 54.1 Å². The number of thioether (sulfide) groups is 1. The molecule has 0 saturated heterocycles. The minimum Gasteiger partial charge on any atom is -0.462 e. The van der Waals surface area contributed by atoms with E-state index < -0.39 is 0 Å². The lowest BCUT2D eigenvalue weighted by Crippen LogP contribution is -2.14. The van der Waals surface area contributed by atoms with Gasteiger partial charge >= 0.3 is 5.97 Å². The molecule has 0 aliphatic carbocycles. The summed E-state index contributed by atoms with van der Waals surface area (Å²) in [5.74, 6) is -0.225. The molecule has 0 radical (unpaired) electrons. The van der Waals surface area contributed by atoms with Gasteiger partial charge in [-0.05, 0) is 61.4 Å². The molecule has 6 nitrogen and oxygen atoms in total. The molecule has 0 bridgehead atoms. The van der Waals surface area contributed by atoms with Crippen LogP contribution in [-0.2, 0) is 14.3 Å². The van der Waals surface area contributed by atoms with Gasteiger partial charge in [0.25, 0.3) is 0 Å². The fourth-order valence-corrected chi connectivity index (χ4v) is 3.32. The smallest absolute Gasteiger partial charge is 0.338 e. The number of hydrogen-bond donors (Lipinski definition) is 2. The van der Waals surface area contributed by atoms with Crippen LogP contribution in [0.25, 0.3) is 0 Å². The number of anilines is 2. The minimum atomic E-state index is -0.355. The zero-order chi connectivity index (χ0) is 22.5. The summed E-state index contributed by atoms with van der Waals surface area (Å²) < 4.78 is 5.17. The number of ether oxygens (including phenoxy) is 1. The fourth-order valence-electron chi connectivity index (χ4n) is 2.62. The molecule has 0 fully saturated rings. The third-order valence-corrected chi connectivity index (χ3v) is 5.41. The Morgan fingerprint density at radius 1 is 0.806 bits per heavy atom. The Morgan fingerprint density at radius 2 is 1.39 bits per heavy atom. The van der Waals surface area contributed by atoms with E-state index in [1.54, 1.807) is 24.3 Å². The van der Waals surface area contributed by atoms with Gasteiger partial charge in [-0.3, -0.25) is 9.59 Å². The SMILES string of the molecule is CCCCOC(=O)c1ccc(NC(=O)CSc2ccc(NC(=O)CCCC)cc2)cc1. The van der Waals surface area contributed by atoms with E-state index in [4.69, 9.17) is 4.74 Å². The van der Waals surface area contributed by atoms with E-state index in [0.717, 1.165) is 36.3 Å². The van der Waals surface area contributed by atoms with Crippen LogP contribution in [-0.4, -0.2) is 30.1 Å². The van der Waals surface area contributed by atoms with Crippen molar-refractivity contribution in [2.24, 2.45) is 0 Å². The molecular weight excluding hydrogens is 412 g/mol. The highest BCUT2D eigenvalue weighted by molar-refractivity contribution is 8.00. The number of hydrogen-bond acceptors (Lipinski definition) is 5. The van der Waals surface area contributed by atoms with Crippen molar-refractivity contribution in [2.75, 3.05) is 23.0 Å². The summed E-state index contributed by atoms with van der Waals surface area (Å²) in [5.41, 5.74) is 1.84. The van der Waals surface area contributed by atoms with Gasteiger partial charge in [0.2, 0.25) is 11.8 Å². The highest BCUT2D eigenvalue weighted by Crippen LogP contribution is 2.21. The molecular formula is C24H30N2O4S. The summed E-state index contributed by atoms with van der Waals surface area (Å²) in [4.78, 5) is 36.8. The Bertz CT molecular complexity index is 851. The number of carbonyl (C=O) groups excluding carboxylic acids is 3. The van der Waals surface area contributed by atoms with Crippen LogP contribution in [0.1, 0.15) is 56.3 Å². The molecule has 0 unspecified atom stereocenters. The zero-order valence-electron chi connectivity index (χ0n) is 18.1. The van der Waals surface area contributed by atoms with Gasteiger partial charge in [0, 0.05) is 22.7 Å². The van der Waals surface area contributed by atoms with Crippen molar-refractivity contribution in [1.29, 1.82) is 0 Å². The first-order chi connectivity index (χ1) is 15.0. The summed E-state index contributed by atoms with van der Waals surface area (Å²) in [6.07, 6.45) is 4.19. The molecule has 7 heteroatoms. The lowest BCUT2D eigenvalue weighted by atomic mass is 10.2. The van der Waals surface area contributed by atoms with E-state index in [0.29, 0.717) is 24.3 Å². The van der Waals surface area contributed by atoms with Gasteiger partial charge in [0.1, 0.15) is 0 Å². The summed E-state index contributed by atoms with van der Waals surface area (Å²) in [7, 11) is 0. The number of benzene rings is 2. The average molecular weight is 443 g/mol. The summed E-state index contributed by atoms with van der Waals surface area (Å²) in [6, 6.07) is 14.1. The summed E-state index contributed by atoms with van der Waals surface area (Å²) >= 11 is 1.41. The highest BCUT2D eigenvalue weighted by Gasteiger charge is 2.09. The Labute approximate surface area is 188 Å². The Hall–Kier alpha value is -2.80. The molecule has 0 atom stereocenters. The van der Waals surface area contributed by atoms with Crippen molar-refractivity contribution < 1.29 is 19.1 Å². The standard InChI is InChI=1S/C24H30N2O4S/c1-3-5-7-22(27)25-20-12-14-21(15-13-20)31-17-23(28)26-19-10-8-18(9-11-19)24(29)30-16-6-4-2/h8-15H,3-7,16-17H2,1-2H3,(H,25,27)(H,26,28). The molecule has 2 rings (SSSR count). The largest absolute Gasteiger partial charge is 0.462 e. The number of esters is 1. The van der Waals surface area contributed by atoms with Crippen LogP contribution in [0.5, 0.6) is 0 Å². The topological polar surface area (TPSA) is 84.5 Å². The van der Waals surface area contributed by atoms with Gasteiger partial charge in [-0.25, -0.2) is 4.79 Å². The second-order valence-corrected chi connectivity index (χ2v) is 8.13. The monoisotopic (exact) mass is 442 g/mol. The molecule has 31 heavy (non-hydrogen) atoms. The average Bonchev–Trinajstić information content (AvgIpc) is 2.78. The highest BCUT2D eigenvalue weighted by atomic mass is 32.2. The van der Waals surface area contributed by atoms with Crippen LogP contribution in [0.2, 0.25) is 0 Å². The van der Waals surface area contributed by atoms with E-state index >= 15 is 0 Å². The first-order valence-electron chi connectivity index (χ1n) is 10.6. The molecule has 166 valence electrons. The Kier molecular flexibility index (Phi) is 10.6. The maximum absolute atomic E-state index is 12.2. The number of amides is 2. The Morgan fingerprint density at radius 3 is 2.00 bits per heavy atom. The molecule has 2 aromatic carbocycles. The molecule has 0 spiro atoms. The quantitative estimate of drug-likeness (QED) is 0.257. The van der Waals surface area contributed by atoms with Gasteiger partial charge in [-0.15, -0.1) is 11.8 Å². The number of carbonyl (C=O) groups is 3. The van der Waals surface area contributed by atoms with Gasteiger partial charge in [0.05, 0.1) is 17.9 Å². The first kappa shape index (κ1) is 24.5. The predicted octanol–water partition coefficient (Wildman–Crippen LogP) is 5.50. The molecule has 2 aromatic rings. The van der Waals surface area contributed by atoms with Gasteiger partial charge in [-0.2, -0.15) is 0 Å². The van der Waals surface area contributed by atoms with E-state index in [1.807, 2.05) is 31.2 Å². The summed E-state index contributed by atoms with van der Waals surface area (Å²) in [6.45, 7) is 4.50. The van der Waals surface area contributed by atoms with E-state index in [9.17, 15) is 14.4 Å². The van der Waals surface area contributed by atoms with E-state index in [-0.39, 0.29) is 23.5 Å². The second-order valence-electron chi connectivity index (χ2n) is 7.08. The maximum Gasteiger partial charge on any atom is 0.338 e. The summed E-state index contributed by atoms with van der Waals surface area (Å²) in [5, 5.41) is 5.69. The van der Waals surface area contributed by atoms with Gasteiger partial charge in [-0.1, -0.05) is 26.7 Å². The van der Waals surface area contributed by atoms with Crippen LogP contribution >= 0.6 is 11.8 Å². The molecule has 0 saturated carbocycles. The third-order valence-electron chi connectivity index (χ3n) is 4.40. The first-order valence-corrected chi connectivity index (χ1v) is 11.6.